The molecule has 2 aromatic carbocycles. The molecule has 0 heterocycles. The standard InChI is InChI=1S/C18H18BrNO5/c1-20(9-10-24-16-7-5-14(19)6-8-16)17(22)12-25-18(23)13-3-2-4-15(21)11-13/h2-8,11,21H,9-10,12H2,1H3. The van der Waals surface area contributed by atoms with Crippen LogP contribution in [0.3, 0.4) is 0 Å². The summed E-state index contributed by atoms with van der Waals surface area (Å²) in [6.45, 7) is 0.312. The van der Waals surface area contributed by atoms with Crippen LogP contribution in [0.5, 0.6) is 11.5 Å². The minimum atomic E-state index is -0.663. The van der Waals surface area contributed by atoms with Crippen LogP contribution in [0, 0.1) is 0 Å². The lowest BCUT2D eigenvalue weighted by Crippen LogP contribution is -2.34. The second-order valence-electron chi connectivity index (χ2n) is 5.24. The minimum Gasteiger partial charge on any atom is -0.508 e. The van der Waals surface area contributed by atoms with Gasteiger partial charge in [0.1, 0.15) is 18.1 Å². The van der Waals surface area contributed by atoms with Crippen LogP contribution in [0.2, 0.25) is 0 Å². The number of phenolic OH excluding ortho intramolecular Hbond substituents is 1. The highest BCUT2D eigenvalue weighted by Crippen LogP contribution is 2.16. The second-order valence-corrected chi connectivity index (χ2v) is 6.16. The number of rotatable bonds is 7. The summed E-state index contributed by atoms with van der Waals surface area (Å²) in [5, 5.41) is 9.33. The summed E-state index contributed by atoms with van der Waals surface area (Å²) >= 11 is 3.34. The summed E-state index contributed by atoms with van der Waals surface area (Å²) in [6.07, 6.45) is 0. The fraction of sp³-hybridized carbons (Fsp3) is 0.222. The molecule has 7 heteroatoms. The van der Waals surface area contributed by atoms with Gasteiger partial charge < -0.3 is 19.5 Å². The molecule has 132 valence electrons. The Morgan fingerprint density at radius 3 is 2.56 bits per heavy atom. The average Bonchev–Trinajstić information content (AvgIpc) is 2.61. The molecule has 0 aliphatic carbocycles. The van der Waals surface area contributed by atoms with E-state index in [9.17, 15) is 14.7 Å². The molecule has 0 aromatic heterocycles. The summed E-state index contributed by atoms with van der Waals surface area (Å²) in [7, 11) is 1.61. The molecule has 2 rings (SSSR count). The number of ether oxygens (including phenoxy) is 2. The van der Waals surface area contributed by atoms with Gasteiger partial charge in [-0.25, -0.2) is 4.79 Å². The number of benzene rings is 2. The van der Waals surface area contributed by atoms with Gasteiger partial charge in [0, 0.05) is 11.5 Å². The molecule has 6 nitrogen and oxygen atoms in total. The zero-order valence-corrected chi connectivity index (χ0v) is 15.2. The molecule has 0 atom stereocenters. The van der Waals surface area contributed by atoms with E-state index >= 15 is 0 Å². The Balaban J connectivity index is 1.72. The Morgan fingerprint density at radius 1 is 1.16 bits per heavy atom. The quantitative estimate of drug-likeness (QED) is 0.714. The first-order valence-corrected chi connectivity index (χ1v) is 8.33. The summed E-state index contributed by atoms with van der Waals surface area (Å²) in [6, 6.07) is 13.1. The number of likely N-dealkylation sites (N-methyl/N-ethyl adjacent to an activating group) is 1. The molecule has 25 heavy (non-hydrogen) atoms. The van der Waals surface area contributed by atoms with Crippen LogP contribution in [0.15, 0.2) is 53.0 Å². The van der Waals surface area contributed by atoms with E-state index in [0.717, 1.165) is 4.47 Å². The number of hydrogen-bond donors (Lipinski definition) is 1. The van der Waals surface area contributed by atoms with Crippen molar-refractivity contribution in [2.75, 3.05) is 26.8 Å². The Kier molecular flexibility index (Phi) is 6.82. The van der Waals surface area contributed by atoms with Gasteiger partial charge in [0.05, 0.1) is 12.1 Å². The molecule has 0 saturated carbocycles. The SMILES string of the molecule is CN(CCOc1ccc(Br)cc1)C(=O)COC(=O)c1cccc(O)c1. The van der Waals surface area contributed by atoms with Crippen molar-refractivity contribution in [1.29, 1.82) is 0 Å². The number of amides is 1. The third-order valence-electron chi connectivity index (χ3n) is 3.34. The van der Waals surface area contributed by atoms with Crippen LogP contribution < -0.4 is 4.74 Å². The van der Waals surface area contributed by atoms with Crippen LogP contribution in [0.25, 0.3) is 0 Å². The number of halogens is 1. The van der Waals surface area contributed by atoms with E-state index in [0.29, 0.717) is 18.9 Å². The third kappa shape index (κ3) is 6.11. The van der Waals surface area contributed by atoms with Crippen molar-refractivity contribution in [3.05, 3.63) is 58.6 Å². The van der Waals surface area contributed by atoms with Crippen molar-refractivity contribution < 1.29 is 24.2 Å². The van der Waals surface area contributed by atoms with Crippen LogP contribution in [-0.4, -0.2) is 48.7 Å². The minimum absolute atomic E-state index is 0.0389. The van der Waals surface area contributed by atoms with Gasteiger partial charge in [0.25, 0.3) is 5.91 Å². The monoisotopic (exact) mass is 407 g/mol. The largest absolute Gasteiger partial charge is 0.508 e. The van der Waals surface area contributed by atoms with Gasteiger partial charge in [-0.3, -0.25) is 4.79 Å². The van der Waals surface area contributed by atoms with Crippen molar-refractivity contribution in [1.82, 2.24) is 4.90 Å². The highest BCUT2D eigenvalue weighted by molar-refractivity contribution is 9.10. The lowest BCUT2D eigenvalue weighted by Gasteiger charge is -2.17. The summed E-state index contributed by atoms with van der Waals surface area (Å²) in [5.74, 6) is -0.334. The number of phenols is 1. The van der Waals surface area contributed by atoms with Gasteiger partial charge in [-0.15, -0.1) is 0 Å². The molecule has 0 aliphatic rings. The molecule has 1 amide bonds. The average molecular weight is 408 g/mol. The second kappa shape index (κ2) is 9.08. The predicted molar refractivity (Wildman–Crippen MR) is 95.7 cm³/mol. The topological polar surface area (TPSA) is 76.1 Å². The van der Waals surface area contributed by atoms with Gasteiger partial charge in [-0.1, -0.05) is 22.0 Å². The molecule has 0 spiro atoms. The number of hydrogen-bond acceptors (Lipinski definition) is 5. The lowest BCUT2D eigenvalue weighted by molar-refractivity contribution is -0.133. The highest BCUT2D eigenvalue weighted by atomic mass is 79.9. The van der Waals surface area contributed by atoms with Crippen LogP contribution in [0.1, 0.15) is 10.4 Å². The van der Waals surface area contributed by atoms with Crippen molar-refractivity contribution in [3.8, 4) is 11.5 Å². The maximum atomic E-state index is 12.0. The molecule has 0 bridgehead atoms. The normalized spacial score (nSPS) is 10.2. The molecule has 0 aliphatic heterocycles. The van der Waals surface area contributed by atoms with Gasteiger partial charge in [0.15, 0.2) is 6.61 Å². The summed E-state index contributed by atoms with van der Waals surface area (Å²) < 4.78 is 11.5. The third-order valence-corrected chi connectivity index (χ3v) is 3.87. The first-order valence-electron chi connectivity index (χ1n) is 7.54. The number of carbonyl (C=O) groups is 2. The fourth-order valence-electron chi connectivity index (χ4n) is 1.91. The highest BCUT2D eigenvalue weighted by Gasteiger charge is 2.14. The number of esters is 1. The Labute approximate surface area is 154 Å². The molecule has 0 radical (unpaired) electrons. The molecule has 2 aromatic rings. The number of carbonyl (C=O) groups excluding carboxylic acids is 2. The Bertz CT molecular complexity index is 733. The van der Waals surface area contributed by atoms with Crippen molar-refractivity contribution in [3.63, 3.8) is 0 Å². The van der Waals surface area contributed by atoms with Gasteiger partial charge in [-0.05, 0) is 42.5 Å². The van der Waals surface area contributed by atoms with Gasteiger partial charge in [-0.2, -0.15) is 0 Å². The zero-order chi connectivity index (χ0) is 18.2. The van der Waals surface area contributed by atoms with E-state index < -0.39 is 5.97 Å². The fourth-order valence-corrected chi connectivity index (χ4v) is 2.17. The van der Waals surface area contributed by atoms with E-state index in [4.69, 9.17) is 9.47 Å². The van der Waals surface area contributed by atoms with Crippen LogP contribution in [0.4, 0.5) is 0 Å². The van der Waals surface area contributed by atoms with E-state index in [-0.39, 0.29) is 23.8 Å². The first kappa shape index (κ1) is 18.8. The predicted octanol–water partition coefficient (Wildman–Crippen LogP) is 2.85. The molecule has 0 fully saturated rings. The molecular formula is C18H18BrNO5. The molecule has 0 unspecified atom stereocenters. The van der Waals surface area contributed by atoms with Gasteiger partial charge in [0.2, 0.25) is 0 Å². The summed E-state index contributed by atoms with van der Waals surface area (Å²) in [4.78, 5) is 25.2. The Hall–Kier alpha value is -2.54. The molecular weight excluding hydrogens is 390 g/mol. The maximum Gasteiger partial charge on any atom is 0.338 e. The maximum absolute atomic E-state index is 12.0. The lowest BCUT2D eigenvalue weighted by atomic mass is 10.2. The van der Waals surface area contributed by atoms with Crippen LogP contribution in [-0.2, 0) is 9.53 Å². The smallest absolute Gasteiger partial charge is 0.338 e. The zero-order valence-electron chi connectivity index (χ0n) is 13.6. The first-order chi connectivity index (χ1) is 12.0. The number of nitrogens with zero attached hydrogens (tertiary/aromatic N) is 1. The Morgan fingerprint density at radius 2 is 1.88 bits per heavy atom. The van der Waals surface area contributed by atoms with E-state index in [1.165, 1.54) is 29.2 Å². The van der Waals surface area contributed by atoms with Crippen molar-refractivity contribution in [2.45, 2.75) is 0 Å². The summed E-state index contributed by atoms with van der Waals surface area (Å²) in [5.41, 5.74) is 0.189. The van der Waals surface area contributed by atoms with E-state index in [1.807, 2.05) is 24.3 Å². The van der Waals surface area contributed by atoms with Crippen LogP contribution >= 0.6 is 15.9 Å². The molecule has 1 N–H and O–H groups in total. The van der Waals surface area contributed by atoms with E-state index in [2.05, 4.69) is 15.9 Å². The molecule has 0 saturated heterocycles. The van der Waals surface area contributed by atoms with Gasteiger partial charge >= 0.3 is 5.97 Å². The van der Waals surface area contributed by atoms with E-state index in [1.54, 1.807) is 7.05 Å². The van der Waals surface area contributed by atoms with Crippen molar-refractivity contribution in [2.24, 2.45) is 0 Å². The van der Waals surface area contributed by atoms with Crippen molar-refractivity contribution >= 4 is 27.8 Å². The number of aromatic hydroxyl groups is 1.